The first-order valence-corrected chi connectivity index (χ1v) is 6.04. The summed E-state index contributed by atoms with van der Waals surface area (Å²) in [4.78, 5) is 21.6. The fraction of sp³-hybridized carbons (Fsp3) is 0.286. The number of carbonyl (C=O) groups excluding carboxylic acids is 1. The molecular formula is C14H14F3NO3. The number of benzene rings is 1. The lowest BCUT2D eigenvalue weighted by Crippen LogP contribution is -2.30. The maximum absolute atomic E-state index is 12.1. The number of nitrogens with one attached hydrogen (secondary N) is 1. The lowest BCUT2D eigenvalue weighted by molar-refractivity contribution is -0.154. The molecule has 0 saturated carbocycles. The third-order valence-corrected chi connectivity index (χ3v) is 2.57. The second kappa shape index (κ2) is 6.92. The zero-order valence-electron chi connectivity index (χ0n) is 11.1. The van der Waals surface area contributed by atoms with E-state index in [0.717, 1.165) is 6.08 Å². The molecule has 0 spiro atoms. The third kappa shape index (κ3) is 6.60. The van der Waals surface area contributed by atoms with Gasteiger partial charge in [-0.15, -0.1) is 0 Å². The van der Waals surface area contributed by atoms with E-state index < -0.39 is 30.5 Å². The van der Waals surface area contributed by atoms with E-state index in [1.54, 1.807) is 31.2 Å². The van der Waals surface area contributed by atoms with E-state index in [-0.39, 0.29) is 0 Å². The Hall–Kier alpha value is -2.31. The van der Waals surface area contributed by atoms with Crippen LogP contribution in [0.5, 0.6) is 0 Å². The molecule has 4 nitrogen and oxygen atoms in total. The first-order chi connectivity index (χ1) is 9.67. The highest BCUT2D eigenvalue weighted by molar-refractivity contribution is 5.85. The van der Waals surface area contributed by atoms with Crippen molar-refractivity contribution >= 4 is 18.0 Å². The third-order valence-electron chi connectivity index (χ3n) is 2.57. The van der Waals surface area contributed by atoms with E-state index in [0.29, 0.717) is 11.1 Å². The SMILES string of the molecule is CC(NC(=O)CC(F)(F)F)c1cccc(C=CC(=O)O)c1. The number of hydrogen-bond acceptors (Lipinski definition) is 2. The van der Waals surface area contributed by atoms with Crippen LogP contribution in [-0.4, -0.2) is 23.2 Å². The Morgan fingerprint density at radius 3 is 2.62 bits per heavy atom. The van der Waals surface area contributed by atoms with Crippen LogP contribution < -0.4 is 5.32 Å². The molecule has 1 aromatic carbocycles. The van der Waals surface area contributed by atoms with Crippen molar-refractivity contribution in [2.24, 2.45) is 0 Å². The van der Waals surface area contributed by atoms with Crippen LogP contribution in [0.25, 0.3) is 6.08 Å². The molecule has 1 unspecified atom stereocenters. The predicted molar refractivity (Wildman–Crippen MR) is 70.3 cm³/mol. The van der Waals surface area contributed by atoms with Crippen molar-refractivity contribution in [2.45, 2.75) is 25.6 Å². The molecule has 2 N–H and O–H groups in total. The van der Waals surface area contributed by atoms with Crippen LogP contribution in [-0.2, 0) is 9.59 Å². The summed E-state index contributed by atoms with van der Waals surface area (Å²) in [6.45, 7) is 1.55. The molecule has 0 heterocycles. The molecule has 1 amide bonds. The Morgan fingerprint density at radius 1 is 1.38 bits per heavy atom. The Balaban J connectivity index is 2.74. The predicted octanol–water partition coefficient (Wildman–Crippen LogP) is 2.91. The molecule has 114 valence electrons. The van der Waals surface area contributed by atoms with Gasteiger partial charge in [0.2, 0.25) is 5.91 Å². The summed E-state index contributed by atoms with van der Waals surface area (Å²) in [5.41, 5.74) is 1.16. The summed E-state index contributed by atoms with van der Waals surface area (Å²) in [6, 6.07) is 5.89. The number of carboxylic acids is 1. The van der Waals surface area contributed by atoms with E-state index in [1.807, 2.05) is 0 Å². The molecule has 0 fully saturated rings. The quantitative estimate of drug-likeness (QED) is 0.822. The highest BCUT2D eigenvalue weighted by Crippen LogP contribution is 2.21. The molecule has 0 aromatic heterocycles. The number of carbonyl (C=O) groups is 2. The van der Waals surface area contributed by atoms with Crippen molar-refractivity contribution in [3.8, 4) is 0 Å². The van der Waals surface area contributed by atoms with Crippen LogP contribution in [0.4, 0.5) is 13.2 Å². The molecule has 7 heteroatoms. The molecule has 0 aliphatic heterocycles. The van der Waals surface area contributed by atoms with E-state index in [2.05, 4.69) is 5.32 Å². The summed E-state index contributed by atoms with van der Waals surface area (Å²) < 4.78 is 36.2. The monoisotopic (exact) mass is 301 g/mol. The number of hydrogen-bond donors (Lipinski definition) is 2. The molecular weight excluding hydrogens is 287 g/mol. The number of halogens is 3. The van der Waals surface area contributed by atoms with Crippen molar-refractivity contribution in [3.63, 3.8) is 0 Å². The molecule has 1 rings (SSSR count). The van der Waals surface area contributed by atoms with Crippen molar-refractivity contribution in [2.75, 3.05) is 0 Å². The smallest absolute Gasteiger partial charge is 0.397 e. The standard InChI is InChI=1S/C14H14F3NO3/c1-9(18-12(19)8-14(15,16)17)11-4-2-3-10(7-11)5-6-13(20)21/h2-7,9H,8H2,1H3,(H,18,19)(H,20,21). The van der Waals surface area contributed by atoms with Gasteiger partial charge in [-0.05, 0) is 30.2 Å². The average molecular weight is 301 g/mol. The zero-order valence-corrected chi connectivity index (χ0v) is 11.1. The molecule has 0 aliphatic rings. The molecule has 0 radical (unpaired) electrons. The molecule has 0 saturated heterocycles. The van der Waals surface area contributed by atoms with E-state index >= 15 is 0 Å². The van der Waals surface area contributed by atoms with Gasteiger partial charge >= 0.3 is 12.1 Å². The Bertz CT molecular complexity index is 553. The summed E-state index contributed by atoms with van der Waals surface area (Å²) >= 11 is 0. The van der Waals surface area contributed by atoms with Gasteiger partial charge in [-0.25, -0.2) is 4.79 Å². The highest BCUT2D eigenvalue weighted by Gasteiger charge is 2.31. The van der Waals surface area contributed by atoms with Gasteiger partial charge in [-0.1, -0.05) is 18.2 Å². The van der Waals surface area contributed by atoms with E-state index in [1.165, 1.54) is 6.08 Å². The van der Waals surface area contributed by atoms with E-state index in [4.69, 9.17) is 5.11 Å². The second-order valence-corrected chi connectivity index (χ2v) is 4.42. The van der Waals surface area contributed by atoms with Gasteiger partial charge in [0, 0.05) is 6.08 Å². The Kier molecular flexibility index (Phi) is 5.52. The molecule has 1 atom stereocenters. The van der Waals surface area contributed by atoms with Crippen molar-refractivity contribution in [3.05, 3.63) is 41.5 Å². The molecule has 0 bridgehead atoms. The Morgan fingerprint density at radius 2 is 2.05 bits per heavy atom. The highest BCUT2D eigenvalue weighted by atomic mass is 19.4. The molecule has 0 aliphatic carbocycles. The number of aliphatic carboxylic acids is 1. The zero-order chi connectivity index (χ0) is 16.0. The van der Waals surface area contributed by atoms with Gasteiger partial charge in [-0.3, -0.25) is 4.79 Å². The van der Waals surface area contributed by atoms with Gasteiger partial charge in [-0.2, -0.15) is 13.2 Å². The number of amides is 1. The van der Waals surface area contributed by atoms with Gasteiger partial charge < -0.3 is 10.4 Å². The normalized spacial score (nSPS) is 13.1. The van der Waals surface area contributed by atoms with Gasteiger partial charge in [0.1, 0.15) is 6.42 Å². The lowest BCUT2D eigenvalue weighted by Gasteiger charge is -2.15. The topological polar surface area (TPSA) is 66.4 Å². The minimum atomic E-state index is -4.55. The van der Waals surface area contributed by atoms with Crippen molar-refractivity contribution < 1.29 is 27.9 Å². The molecule has 21 heavy (non-hydrogen) atoms. The van der Waals surface area contributed by atoms with Crippen molar-refractivity contribution in [1.29, 1.82) is 0 Å². The van der Waals surface area contributed by atoms with Crippen molar-refractivity contribution in [1.82, 2.24) is 5.32 Å². The summed E-state index contributed by atoms with van der Waals surface area (Å²) in [5.74, 6) is -2.21. The van der Waals surface area contributed by atoms with Crippen LogP contribution in [0.15, 0.2) is 30.3 Å². The van der Waals surface area contributed by atoms with Crippen LogP contribution >= 0.6 is 0 Å². The fourth-order valence-electron chi connectivity index (χ4n) is 1.66. The van der Waals surface area contributed by atoms with Crippen LogP contribution in [0, 0.1) is 0 Å². The first kappa shape index (κ1) is 16.7. The van der Waals surface area contributed by atoms with E-state index in [9.17, 15) is 22.8 Å². The fourth-order valence-corrected chi connectivity index (χ4v) is 1.66. The summed E-state index contributed by atoms with van der Waals surface area (Å²) in [7, 11) is 0. The van der Waals surface area contributed by atoms with Gasteiger partial charge in [0.15, 0.2) is 0 Å². The maximum atomic E-state index is 12.1. The number of alkyl halides is 3. The first-order valence-electron chi connectivity index (χ1n) is 6.04. The number of rotatable bonds is 5. The maximum Gasteiger partial charge on any atom is 0.397 e. The largest absolute Gasteiger partial charge is 0.478 e. The second-order valence-electron chi connectivity index (χ2n) is 4.42. The van der Waals surface area contributed by atoms with Crippen LogP contribution in [0.3, 0.4) is 0 Å². The molecule has 1 aromatic rings. The number of carboxylic acid groups (broad SMARTS) is 1. The van der Waals surface area contributed by atoms with Gasteiger partial charge in [0.05, 0.1) is 6.04 Å². The van der Waals surface area contributed by atoms with Crippen LogP contribution in [0.1, 0.15) is 30.5 Å². The minimum absolute atomic E-state index is 0.576. The Labute approximate surface area is 119 Å². The average Bonchev–Trinajstić information content (AvgIpc) is 2.34. The van der Waals surface area contributed by atoms with Gasteiger partial charge in [0.25, 0.3) is 0 Å². The summed E-state index contributed by atoms with van der Waals surface area (Å²) in [5, 5.41) is 10.8. The summed E-state index contributed by atoms with van der Waals surface area (Å²) in [6.07, 6.45) is -3.77. The van der Waals surface area contributed by atoms with Crippen LogP contribution in [0.2, 0.25) is 0 Å². The lowest BCUT2D eigenvalue weighted by atomic mass is 10.0. The minimum Gasteiger partial charge on any atom is -0.478 e.